The SMILES string of the molecule is COc1ccc(C[NH2+]CC[C@@H](c2ccc3c(c2)OCO3)c2ccccc2OC)cc1OC. The van der Waals surface area contributed by atoms with Crippen molar-refractivity contribution in [3.63, 3.8) is 0 Å². The number of para-hydroxylation sites is 1. The van der Waals surface area contributed by atoms with E-state index in [4.69, 9.17) is 23.7 Å². The van der Waals surface area contributed by atoms with Crippen LogP contribution in [-0.4, -0.2) is 34.7 Å². The first-order valence-corrected chi connectivity index (χ1v) is 10.8. The molecule has 6 nitrogen and oxygen atoms in total. The fourth-order valence-corrected chi connectivity index (χ4v) is 4.15. The van der Waals surface area contributed by atoms with E-state index in [1.165, 1.54) is 16.7 Å². The van der Waals surface area contributed by atoms with Crippen molar-refractivity contribution in [2.24, 2.45) is 0 Å². The largest absolute Gasteiger partial charge is 0.496 e. The number of rotatable bonds is 10. The Balaban J connectivity index is 1.49. The number of benzene rings is 3. The van der Waals surface area contributed by atoms with Crippen LogP contribution in [0.5, 0.6) is 28.7 Å². The number of methoxy groups -OCH3 is 3. The van der Waals surface area contributed by atoms with Gasteiger partial charge in [-0.3, -0.25) is 0 Å². The first kappa shape index (κ1) is 21.8. The summed E-state index contributed by atoms with van der Waals surface area (Å²) in [4.78, 5) is 0. The third-order valence-electron chi connectivity index (χ3n) is 5.80. The van der Waals surface area contributed by atoms with Crippen molar-refractivity contribution in [3.8, 4) is 28.7 Å². The van der Waals surface area contributed by atoms with Crippen LogP contribution in [0.2, 0.25) is 0 Å². The van der Waals surface area contributed by atoms with Gasteiger partial charge in [0.2, 0.25) is 6.79 Å². The number of quaternary nitrogens is 1. The molecule has 6 heteroatoms. The van der Waals surface area contributed by atoms with Gasteiger partial charge in [0, 0.05) is 23.5 Å². The molecule has 0 aromatic heterocycles. The van der Waals surface area contributed by atoms with Crippen LogP contribution in [0.15, 0.2) is 60.7 Å². The van der Waals surface area contributed by atoms with E-state index < -0.39 is 0 Å². The number of hydrogen-bond donors (Lipinski definition) is 1. The lowest BCUT2D eigenvalue weighted by Gasteiger charge is -2.20. The smallest absolute Gasteiger partial charge is 0.231 e. The van der Waals surface area contributed by atoms with E-state index in [9.17, 15) is 0 Å². The summed E-state index contributed by atoms with van der Waals surface area (Å²) in [6.45, 7) is 2.09. The van der Waals surface area contributed by atoms with Crippen LogP contribution in [-0.2, 0) is 6.54 Å². The van der Waals surface area contributed by atoms with Crippen LogP contribution >= 0.6 is 0 Å². The van der Waals surface area contributed by atoms with Crippen molar-refractivity contribution in [1.82, 2.24) is 0 Å². The average molecular weight is 437 g/mol. The molecule has 0 unspecified atom stereocenters. The molecule has 1 atom stereocenters. The molecule has 168 valence electrons. The highest BCUT2D eigenvalue weighted by Gasteiger charge is 2.22. The third-order valence-corrected chi connectivity index (χ3v) is 5.80. The second kappa shape index (κ2) is 10.3. The lowest BCUT2D eigenvalue weighted by atomic mass is 9.87. The van der Waals surface area contributed by atoms with E-state index in [1.807, 2.05) is 30.3 Å². The molecular weight excluding hydrogens is 406 g/mol. The van der Waals surface area contributed by atoms with Gasteiger partial charge in [-0.2, -0.15) is 0 Å². The summed E-state index contributed by atoms with van der Waals surface area (Å²) in [7, 11) is 5.03. The Kier molecular flexibility index (Phi) is 7.02. The summed E-state index contributed by atoms with van der Waals surface area (Å²) >= 11 is 0. The predicted molar refractivity (Wildman–Crippen MR) is 122 cm³/mol. The molecule has 0 spiro atoms. The van der Waals surface area contributed by atoms with Gasteiger partial charge in [0.05, 0.1) is 27.9 Å². The maximum atomic E-state index is 5.67. The first-order valence-electron chi connectivity index (χ1n) is 10.8. The minimum atomic E-state index is 0.183. The standard InChI is InChI=1S/C26H29NO5/c1-28-22-7-5-4-6-21(22)20(19-9-11-24-26(15-19)32-17-31-24)12-13-27-16-18-8-10-23(29-2)25(14-18)30-3/h4-11,14-15,20,27H,12-13,16-17H2,1-3H3/p+1/t20-/m0/s1. The molecule has 32 heavy (non-hydrogen) atoms. The highest BCUT2D eigenvalue weighted by molar-refractivity contribution is 5.49. The molecule has 0 saturated heterocycles. The second-order valence-electron chi connectivity index (χ2n) is 7.67. The molecule has 3 aromatic rings. The van der Waals surface area contributed by atoms with E-state index in [0.717, 1.165) is 48.3 Å². The zero-order chi connectivity index (χ0) is 22.3. The molecule has 0 radical (unpaired) electrons. The molecule has 0 amide bonds. The molecule has 2 N–H and O–H groups in total. The van der Waals surface area contributed by atoms with Gasteiger partial charge in [-0.05, 0) is 42.0 Å². The highest BCUT2D eigenvalue weighted by atomic mass is 16.7. The van der Waals surface area contributed by atoms with Crippen molar-refractivity contribution in [1.29, 1.82) is 0 Å². The Labute approximate surface area is 189 Å². The normalized spacial score (nSPS) is 13.0. The molecule has 1 aliphatic heterocycles. The van der Waals surface area contributed by atoms with Gasteiger partial charge in [-0.1, -0.05) is 24.3 Å². The first-order chi connectivity index (χ1) is 15.7. The Bertz CT molecular complexity index is 1050. The van der Waals surface area contributed by atoms with E-state index in [1.54, 1.807) is 21.3 Å². The predicted octanol–water partition coefficient (Wildman–Crippen LogP) is 3.73. The van der Waals surface area contributed by atoms with Gasteiger partial charge >= 0.3 is 0 Å². The number of ether oxygens (including phenoxy) is 5. The van der Waals surface area contributed by atoms with Crippen LogP contribution in [0.1, 0.15) is 29.0 Å². The molecule has 3 aromatic carbocycles. The molecule has 0 bridgehead atoms. The van der Waals surface area contributed by atoms with Gasteiger partial charge in [0.25, 0.3) is 0 Å². The fourth-order valence-electron chi connectivity index (χ4n) is 4.15. The third kappa shape index (κ3) is 4.75. The Morgan fingerprint density at radius 3 is 2.41 bits per heavy atom. The van der Waals surface area contributed by atoms with Crippen LogP contribution in [0.4, 0.5) is 0 Å². The summed E-state index contributed by atoms with van der Waals surface area (Å²) in [6, 6.07) is 20.5. The van der Waals surface area contributed by atoms with Crippen molar-refractivity contribution in [2.45, 2.75) is 18.9 Å². The molecule has 4 rings (SSSR count). The molecule has 0 aliphatic carbocycles. The zero-order valence-corrected chi connectivity index (χ0v) is 18.8. The molecular formula is C26H30NO5+. The number of fused-ring (bicyclic) bond motifs is 1. The summed E-state index contributed by atoms with van der Waals surface area (Å²) in [6.07, 6.45) is 0.952. The van der Waals surface area contributed by atoms with E-state index in [0.29, 0.717) is 0 Å². The van der Waals surface area contributed by atoms with Crippen molar-refractivity contribution < 1.29 is 29.0 Å². The van der Waals surface area contributed by atoms with Crippen LogP contribution in [0, 0.1) is 0 Å². The van der Waals surface area contributed by atoms with Crippen LogP contribution < -0.4 is 29.0 Å². The lowest BCUT2D eigenvalue weighted by Crippen LogP contribution is -2.82. The zero-order valence-electron chi connectivity index (χ0n) is 18.8. The van der Waals surface area contributed by atoms with Crippen molar-refractivity contribution in [2.75, 3.05) is 34.7 Å². The Morgan fingerprint density at radius 1 is 0.812 bits per heavy atom. The van der Waals surface area contributed by atoms with Gasteiger partial charge < -0.3 is 29.0 Å². The lowest BCUT2D eigenvalue weighted by molar-refractivity contribution is -0.671. The molecule has 1 heterocycles. The topological polar surface area (TPSA) is 62.8 Å². The minimum Gasteiger partial charge on any atom is -0.496 e. The maximum Gasteiger partial charge on any atom is 0.231 e. The van der Waals surface area contributed by atoms with Crippen LogP contribution in [0.3, 0.4) is 0 Å². The Morgan fingerprint density at radius 2 is 1.59 bits per heavy atom. The summed E-state index contributed by atoms with van der Waals surface area (Å²) in [5.41, 5.74) is 3.56. The summed E-state index contributed by atoms with van der Waals surface area (Å²) in [5.74, 6) is 4.18. The number of hydrogen-bond acceptors (Lipinski definition) is 5. The van der Waals surface area contributed by atoms with Crippen molar-refractivity contribution >= 4 is 0 Å². The minimum absolute atomic E-state index is 0.183. The molecule has 0 saturated carbocycles. The van der Waals surface area contributed by atoms with Gasteiger partial charge in [0.15, 0.2) is 23.0 Å². The van der Waals surface area contributed by atoms with E-state index in [-0.39, 0.29) is 12.7 Å². The maximum absolute atomic E-state index is 5.67. The summed E-state index contributed by atoms with van der Waals surface area (Å²) in [5, 5.41) is 2.32. The van der Waals surface area contributed by atoms with Gasteiger partial charge in [-0.15, -0.1) is 0 Å². The van der Waals surface area contributed by atoms with Gasteiger partial charge in [0.1, 0.15) is 12.3 Å². The monoisotopic (exact) mass is 436 g/mol. The van der Waals surface area contributed by atoms with E-state index >= 15 is 0 Å². The quantitative estimate of drug-likeness (QED) is 0.491. The second-order valence-corrected chi connectivity index (χ2v) is 7.67. The van der Waals surface area contributed by atoms with Crippen LogP contribution in [0.25, 0.3) is 0 Å². The van der Waals surface area contributed by atoms with Crippen molar-refractivity contribution in [3.05, 3.63) is 77.4 Å². The highest BCUT2D eigenvalue weighted by Crippen LogP contribution is 2.39. The molecule has 1 aliphatic rings. The summed E-state index contributed by atoms with van der Waals surface area (Å²) < 4.78 is 27.5. The van der Waals surface area contributed by atoms with E-state index in [2.05, 4.69) is 35.6 Å². The van der Waals surface area contributed by atoms with Gasteiger partial charge in [-0.25, -0.2) is 0 Å². The average Bonchev–Trinajstić information content (AvgIpc) is 3.32. The Hall–Kier alpha value is -3.38. The number of nitrogens with two attached hydrogens (primary N) is 1. The molecule has 0 fully saturated rings. The fraction of sp³-hybridized carbons (Fsp3) is 0.308.